The average Bonchev–Trinajstić information content (AvgIpc) is 2.54. The molecule has 2 aliphatic rings. The van der Waals surface area contributed by atoms with Crippen molar-refractivity contribution in [3.63, 3.8) is 0 Å². The highest BCUT2D eigenvalue weighted by Crippen LogP contribution is 2.29. The molecule has 0 aromatic carbocycles. The Morgan fingerprint density at radius 3 is 2.43 bits per heavy atom. The Balaban J connectivity index is 1.59. The van der Waals surface area contributed by atoms with Crippen LogP contribution >= 0.6 is 0 Å². The van der Waals surface area contributed by atoms with Gasteiger partial charge in [-0.15, -0.1) is 0 Å². The summed E-state index contributed by atoms with van der Waals surface area (Å²) >= 11 is 0. The molecule has 1 saturated heterocycles. The highest BCUT2D eigenvalue weighted by molar-refractivity contribution is 4.86. The Kier molecular flexibility index (Phi) is 8.31. The first-order valence-corrected chi connectivity index (χ1v) is 9.79. The van der Waals surface area contributed by atoms with Crippen LogP contribution in [0.5, 0.6) is 0 Å². The van der Waals surface area contributed by atoms with Gasteiger partial charge in [-0.3, -0.25) is 0 Å². The highest BCUT2D eigenvalue weighted by Gasteiger charge is 2.30. The molecular weight excluding hydrogens is 288 g/mol. The quantitative estimate of drug-likeness (QED) is 0.720. The summed E-state index contributed by atoms with van der Waals surface area (Å²) in [5, 5.41) is 13.5. The molecule has 3 unspecified atom stereocenters. The molecule has 0 spiro atoms. The smallest absolute Gasteiger partial charge is 0.0897 e. The Morgan fingerprint density at radius 1 is 1.09 bits per heavy atom. The summed E-state index contributed by atoms with van der Waals surface area (Å²) in [6.07, 6.45) is 7.68. The molecule has 2 N–H and O–H groups in total. The van der Waals surface area contributed by atoms with Crippen molar-refractivity contribution in [2.75, 3.05) is 32.8 Å². The summed E-state index contributed by atoms with van der Waals surface area (Å²) in [5.74, 6) is 1.40. The second kappa shape index (κ2) is 9.97. The monoisotopic (exact) mass is 326 g/mol. The molecular formula is C19H38N2O2. The molecule has 4 heteroatoms. The van der Waals surface area contributed by atoms with Gasteiger partial charge < -0.3 is 20.1 Å². The van der Waals surface area contributed by atoms with E-state index in [1.807, 2.05) is 0 Å². The second-order valence-electron chi connectivity index (χ2n) is 8.13. The number of nitrogens with one attached hydrogen (secondary N) is 1. The van der Waals surface area contributed by atoms with Gasteiger partial charge in [0.1, 0.15) is 0 Å². The molecule has 0 aromatic heterocycles. The van der Waals surface area contributed by atoms with Crippen molar-refractivity contribution in [3.05, 3.63) is 0 Å². The van der Waals surface area contributed by atoms with E-state index in [9.17, 15) is 5.11 Å². The van der Waals surface area contributed by atoms with Crippen LogP contribution < -0.4 is 5.32 Å². The summed E-state index contributed by atoms with van der Waals surface area (Å²) in [5.41, 5.74) is 0. The molecule has 0 amide bonds. The fourth-order valence-electron chi connectivity index (χ4n) is 4.08. The molecule has 1 heterocycles. The minimum atomic E-state index is -0.384. The van der Waals surface area contributed by atoms with E-state index in [-0.39, 0.29) is 6.10 Å². The first-order valence-electron chi connectivity index (χ1n) is 9.79. The molecule has 0 aromatic rings. The van der Waals surface area contributed by atoms with Crippen LogP contribution in [0.2, 0.25) is 0 Å². The van der Waals surface area contributed by atoms with Crippen molar-refractivity contribution in [1.82, 2.24) is 10.2 Å². The zero-order valence-corrected chi connectivity index (χ0v) is 15.5. The van der Waals surface area contributed by atoms with Gasteiger partial charge in [-0.1, -0.05) is 33.6 Å². The molecule has 4 nitrogen and oxygen atoms in total. The minimum absolute atomic E-state index is 0.384. The van der Waals surface area contributed by atoms with Crippen LogP contribution in [0.4, 0.5) is 0 Å². The number of aliphatic hydroxyl groups excluding tert-OH is 1. The summed E-state index contributed by atoms with van der Waals surface area (Å²) in [4.78, 5) is 2.73. The molecule has 2 rings (SSSR count). The van der Waals surface area contributed by atoms with Gasteiger partial charge in [-0.2, -0.15) is 0 Å². The number of nitrogens with zero attached hydrogens (tertiary/aromatic N) is 1. The third kappa shape index (κ3) is 6.69. The van der Waals surface area contributed by atoms with E-state index in [0.717, 1.165) is 18.6 Å². The number of piperidine rings is 1. The number of ether oxygens (including phenoxy) is 1. The average molecular weight is 327 g/mol. The molecule has 3 atom stereocenters. The molecule has 1 aliphatic carbocycles. The third-order valence-electron chi connectivity index (χ3n) is 5.47. The number of aliphatic hydroxyl groups is 1. The summed E-state index contributed by atoms with van der Waals surface area (Å²) in [7, 11) is 0. The van der Waals surface area contributed by atoms with E-state index in [1.165, 1.54) is 51.6 Å². The van der Waals surface area contributed by atoms with Crippen LogP contribution in [-0.2, 0) is 4.74 Å². The van der Waals surface area contributed by atoms with Crippen LogP contribution in [0, 0.1) is 11.8 Å². The van der Waals surface area contributed by atoms with Crippen LogP contribution in [0.25, 0.3) is 0 Å². The van der Waals surface area contributed by atoms with Crippen molar-refractivity contribution in [2.45, 2.75) is 77.5 Å². The zero-order valence-electron chi connectivity index (χ0n) is 15.5. The molecule has 0 radical (unpaired) electrons. The fraction of sp³-hybridized carbons (Fsp3) is 1.00. The molecule has 1 aliphatic heterocycles. The first-order chi connectivity index (χ1) is 11.1. The van der Waals surface area contributed by atoms with E-state index >= 15 is 0 Å². The van der Waals surface area contributed by atoms with Crippen LogP contribution in [0.15, 0.2) is 0 Å². The van der Waals surface area contributed by atoms with E-state index in [1.54, 1.807) is 0 Å². The van der Waals surface area contributed by atoms with Gasteiger partial charge in [-0.05, 0) is 50.6 Å². The lowest BCUT2D eigenvalue weighted by Crippen LogP contribution is -2.50. The van der Waals surface area contributed by atoms with Crippen LogP contribution in [-0.4, -0.2) is 61.0 Å². The molecule has 1 saturated carbocycles. The van der Waals surface area contributed by atoms with Gasteiger partial charge in [0, 0.05) is 25.2 Å². The van der Waals surface area contributed by atoms with Gasteiger partial charge in [-0.25, -0.2) is 0 Å². The zero-order chi connectivity index (χ0) is 16.7. The number of hydrogen-bond donors (Lipinski definition) is 2. The van der Waals surface area contributed by atoms with E-state index in [0.29, 0.717) is 25.1 Å². The van der Waals surface area contributed by atoms with Gasteiger partial charge in [0.15, 0.2) is 0 Å². The maximum atomic E-state index is 9.99. The Labute approximate surface area is 143 Å². The van der Waals surface area contributed by atoms with Gasteiger partial charge >= 0.3 is 0 Å². The van der Waals surface area contributed by atoms with Crippen molar-refractivity contribution < 1.29 is 9.84 Å². The van der Waals surface area contributed by atoms with Crippen molar-refractivity contribution in [1.29, 1.82) is 0 Å². The van der Waals surface area contributed by atoms with Gasteiger partial charge in [0.05, 0.1) is 12.7 Å². The van der Waals surface area contributed by atoms with Crippen molar-refractivity contribution in [2.24, 2.45) is 11.8 Å². The number of likely N-dealkylation sites (tertiary alicyclic amines) is 1. The normalized spacial score (nSPS) is 29.1. The summed E-state index contributed by atoms with van der Waals surface area (Å²) in [6, 6.07) is 1.38. The predicted molar refractivity (Wildman–Crippen MR) is 95.7 cm³/mol. The van der Waals surface area contributed by atoms with E-state index in [4.69, 9.17) is 4.74 Å². The van der Waals surface area contributed by atoms with Crippen molar-refractivity contribution >= 4 is 0 Å². The van der Waals surface area contributed by atoms with E-state index < -0.39 is 0 Å². The topological polar surface area (TPSA) is 44.7 Å². The standard InChI is InChI=1S/C19H38N2O2/c1-15(2)13-23-14-18(22)12-20-17-8-10-21(11-9-17)19-7-5-4-6-16(19)3/h15-20,22H,4-14H2,1-3H3. The largest absolute Gasteiger partial charge is 0.389 e. The minimum Gasteiger partial charge on any atom is -0.389 e. The number of hydrogen-bond acceptors (Lipinski definition) is 4. The maximum absolute atomic E-state index is 9.99. The summed E-state index contributed by atoms with van der Waals surface area (Å²) < 4.78 is 5.51. The lowest BCUT2D eigenvalue weighted by Gasteiger charge is -2.42. The lowest BCUT2D eigenvalue weighted by atomic mass is 9.84. The first kappa shape index (κ1) is 19.2. The van der Waals surface area contributed by atoms with Gasteiger partial charge in [0.25, 0.3) is 0 Å². The third-order valence-corrected chi connectivity index (χ3v) is 5.47. The highest BCUT2D eigenvalue weighted by atomic mass is 16.5. The van der Waals surface area contributed by atoms with Gasteiger partial charge in [0.2, 0.25) is 0 Å². The molecule has 2 fully saturated rings. The maximum Gasteiger partial charge on any atom is 0.0897 e. The molecule has 0 bridgehead atoms. The van der Waals surface area contributed by atoms with Crippen LogP contribution in [0.3, 0.4) is 0 Å². The van der Waals surface area contributed by atoms with E-state index in [2.05, 4.69) is 31.0 Å². The predicted octanol–water partition coefficient (Wildman–Crippen LogP) is 2.65. The number of rotatable bonds is 8. The second-order valence-corrected chi connectivity index (χ2v) is 8.13. The SMILES string of the molecule is CC(C)COCC(O)CNC1CCN(C2CCCCC2C)CC1. The Bertz CT molecular complexity index is 316. The molecule has 23 heavy (non-hydrogen) atoms. The van der Waals surface area contributed by atoms with Crippen molar-refractivity contribution in [3.8, 4) is 0 Å². The molecule has 136 valence electrons. The summed E-state index contributed by atoms with van der Waals surface area (Å²) in [6.45, 7) is 11.0. The fourth-order valence-corrected chi connectivity index (χ4v) is 4.08. The lowest BCUT2D eigenvalue weighted by molar-refractivity contribution is 0.0224. The Hall–Kier alpha value is -0.160. The van der Waals surface area contributed by atoms with Crippen LogP contribution in [0.1, 0.15) is 59.3 Å². The Morgan fingerprint density at radius 2 is 1.78 bits per heavy atom.